The summed E-state index contributed by atoms with van der Waals surface area (Å²) in [6, 6.07) is 7.91. The third-order valence-electron chi connectivity index (χ3n) is 5.11. The molecule has 0 saturated carbocycles. The first-order valence-electron chi connectivity index (χ1n) is 11.2. The molecule has 0 aliphatic carbocycles. The summed E-state index contributed by atoms with van der Waals surface area (Å²) in [6.07, 6.45) is 4.93. The Labute approximate surface area is 207 Å². The summed E-state index contributed by atoms with van der Waals surface area (Å²) in [6.45, 7) is 1.20. The predicted octanol–water partition coefficient (Wildman–Crippen LogP) is 5.03. The molecule has 0 aliphatic rings. The van der Waals surface area contributed by atoms with Crippen molar-refractivity contribution >= 4 is 39.9 Å². The minimum Gasteiger partial charge on any atom is -0.490 e. The van der Waals surface area contributed by atoms with Crippen molar-refractivity contribution < 1.29 is 28.6 Å². The van der Waals surface area contributed by atoms with Gasteiger partial charge in [-0.25, -0.2) is 19.8 Å². The van der Waals surface area contributed by atoms with Crippen molar-refractivity contribution in [1.82, 2.24) is 15.4 Å². The van der Waals surface area contributed by atoms with E-state index in [0.717, 1.165) is 19.3 Å². The van der Waals surface area contributed by atoms with Crippen LogP contribution in [0.1, 0.15) is 32.1 Å². The maximum Gasteiger partial charge on any atom is 0.243 e. The Balaban J connectivity index is 1.72. The Hall–Kier alpha value is -3.21. The number of hydrogen-bond donors (Lipinski definition) is 3. The quantitative estimate of drug-likeness (QED) is 0.158. The molecule has 3 rings (SSSR count). The highest BCUT2D eigenvalue weighted by Crippen LogP contribution is 2.35. The minimum atomic E-state index is -0.504. The summed E-state index contributed by atoms with van der Waals surface area (Å²) in [5.41, 5.74) is 2.85. The van der Waals surface area contributed by atoms with Gasteiger partial charge >= 0.3 is 0 Å². The molecule has 0 spiro atoms. The van der Waals surface area contributed by atoms with Crippen LogP contribution in [0, 0.1) is 5.82 Å². The maximum atomic E-state index is 13.5. The molecule has 3 N–H and O–H groups in total. The third-order valence-corrected chi connectivity index (χ3v) is 5.40. The SMILES string of the molecule is COCCOc1cc2c(Nc3ccc(F)c(Cl)c3)ncnc2cc1OCCCCCCC(=O)NO. The van der Waals surface area contributed by atoms with Crippen LogP contribution >= 0.6 is 11.6 Å². The van der Waals surface area contributed by atoms with E-state index in [1.807, 2.05) is 0 Å². The van der Waals surface area contributed by atoms with E-state index in [0.29, 0.717) is 66.6 Å². The number of ether oxygens (including phenoxy) is 3. The van der Waals surface area contributed by atoms with Crippen molar-refractivity contribution in [2.24, 2.45) is 0 Å². The summed E-state index contributed by atoms with van der Waals surface area (Å²) in [5.74, 6) is 0.685. The summed E-state index contributed by atoms with van der Waals surface area (Å²) in [7, 11) is 1.59. The fourth-order valence-electron chi connectivity index (χ4n) is 3.31. The van der Waals surface area contributed by atoms with Gasteiger partial charge in [0.1, 0.15) is 24.6 Å². The van der Waals surface area contributed by atoms with Gasteiger partial charge in [-0.15, -0.1) is 0 Å². The van der Waals surface area contributed by atoms with Crippen LogP contribution in [-0.4, -0.2) is 48.0 Å². The van der Waals surface area contributed by atoms with E-state index in [9.17, 15) is 9.18 Å². The molecule has 0 bridgehead atoms. The van der Waals surface area contributed by atoms with Gasteiger partial charge in [0.05, 0.1) is 23.8 Å². The molecule has 0 atom stereocenters. The van der Waals surface area contributed by atoms with Crippen molar-refractivity contribution in [3.8, 4) is 11.5 Å². The third kappa shape index (κ3) is 7.91. The van der Waals surface area contributed by atoms with Crippen molar-refractivity contribution in [3.05, 3.63) is 47.5 Å². The Morgan fingerprint density at radius 2 is 1.80 bits per heavy atom. The van der Waals surface area contributed by atoms with Gasteiger partial charge in [0.25, 0.3) is 0 Å². The Morgan fingerprint density at radius 1 is 1.03 bits per heavy atom. The van der Waals surface area contributed by atoms with Gasteiger partial charge in [0, 0.05) is 30.7 Å². The number of halogens is 2. The zero-order valence-corrected chi connectivity index (χ0v) is 20.1. The van der Waals surface area contributed by atoms with Crippen LogP contribution in [0.25, 0.3) is 10.9 Å². The number of hydrogen-bond acceptors (Lipinski definition) is 8. The molecule has 11 heteroatoms. The molecule has 2 aromatic carbocycles. The number of methoxy groups -OCH3 is 1. The highest BCUT2D eigenvalue weighted by Gasteiger charge is 2.13. The molecule has 1 aromatic heterocycles. The number of nitrogens with one attached hydrogen (secondary N) is 2. The Morgan fingerprint density at radius 3 is 2.57 bits per heavy atom. The first-order chi connectivity index (χ1) is 17.0. The van der Waals surface area contributed by atoms with Gasteiger partial charge in [-0.3, -0.25) is 10.0 Å². The van der Waals surface area contributed by atoms with Crippen LogP contribution < -0.4 is 20.3 Å². The minimum absolute atomic E-state index is 0.00398. The second-order valence-corrected chi connectivity index (χ2v) is 8.09. The molecule has 0 radical (unpaired) electrons. The smallest absolute Gasteiger partial charge is 0.243 e. The summed E-state index contributed by atoms with van der Waals surface area (Å²) < 4.78 is 30.5. The van der Waals surface area contributed by atoms with E-state index in [-0.39, 0.29) is 10.9 Å². The molecule has 35 heavy (non-hydrogen) atoms. The monoisotopic (exact) mass is 506 g/mol. The van der Waals surface area contributed by atoms with Crippen molar-refractivity contribution in [3.63, 3.8) is 0 Å². The number of fused-ring (bicyclic) bond motifs is 1. The van der Waals surface area contributed by atoms with Crippen molar-refractivity contribution in [2.75, 3.05) is 32.2 Å². The standard InChI is InChI=1S/C24H28ClFN4O5/c1-33-10-11-35-21-13-17-20(14-22(21)34-9-5-3-2-4-6-23(31)30-32)27-15-28-24(17)29-16-7-8-19(26)18(25)12-16/h7-8,12-15,32H,2-6,9-11H2,1H3,(H,30,31)(H,27,28,29). The van der Waals surface area contributed by atoms with Crippen LogP contribution in [-0.2, 0) is 9.53 Å². The maximum absolute atomic E-state index is 13.5. The number of carbonyl (C=O) groups excluding carboxylic acids is 1. The lowest BCUT2D eigenvalue weighted by Gasteiger charge is -2.15. The first-order valence-corrected chi connectivity index (χ1v) is 11.6. The van der Waals surface area contributed by atoms with Gasteiger partial charge in [0.2, 0.25) is 5.91 Å². The van der Waals surface area contributed by atoms with Crippen LogP contribution in [0.15, 0.2) is 36.7 Å². The van der Waals surface area contributed by atoms with Gasteiger partial charge in [-0.05, 0) is 37.1 Å². The van der Waals surface area contributed by atoms with E-state index in [4.69, 9.17) is 31.0 Å². The number of aromatic nitrogens is 2. The lowest BCUT2D eigenvalue weighted by atomic mass is 10.1. The van der Waals surface area contributed by atoms with E-state index < -0.39 is 5.82 Å². The molecule has 1 amide bonds. The van der Waals surface area contributed by atoms with E-state index in [1.54, 1.807) is 30.8 Å². The second-order valence-electron chi connectivity index (χ2n) is 7.68. The Kier molecular flexibility index (Phi) is 10.3. The average molecular weight is 507 g/mol. The highest BCUT2D eigenvalue weighted by molar-refractivity contribution is 6.31. The van der Waals surface area contributed by atoms with Crippen LogP contribution in [0.3, 0.4) is 0 Å². The normalized spacial score (nSPS) is 10.9. The molecule has 188 valence electrons. The number of carbonyl (C=O) groups is 1. The molecule has 1 heterocycles. The average Bonchev–Trinajstić information content (AvgIpc) is 2.86. The van der Waals surface area contributed by atoms with Gasteiger partial charge in [-0.1, -0.05) is 24.4 Å². The van der Waals surface area contributed by atoms with Crippen LogP contribution in [0.4, 0.5) is 15.9 Å². The van der Waals surface area contributed by atoms with Crippen LogP contribution in [0.5, 0.6) is 11.5 Å². The number of benzene rings is 2. The number of amides is 1. The predicted molar refractivity (Wildman–Crippen MR) is 130 cm³/mol. The van der Waals surface area contributed by atoms with Gasteiger partial charge < -0.3 is 19.5 Å². The molecule has 0 fully saturated rings. The second kappa shape index (κ2) is 13.6. The molecule has 0 saturated heterocycles. The van der Waals surface area contributed by atoms with Crippen LogP contribution in [0.2, 0.25) is 5.02 Å². The Bertz CT molecular complexity index is 1130. The fraction of sp³-hybridized carbons (Fsp3) is 0.375. The fourth-order valence-corrected chi connectivity index (χ4v) is 3.49. The molecule has 0 aliphatic heterocycles. The van der Waals surface area contributed by atoms with Crippen molar-refractivity contribution in [1.29, 1.82) is 0 Å². The molecular formula is C24H28ClFN4O5. The van der Waals surface area contributed by atoms with E-state index in [1.165, 1.54) is 18.5 Å². The summed E-state index contributed by atoms with van der Waals surface area (Å²) >= 11 is 5.90. The number of rotatable bonds is 14. The molecule has 3 aromatic rings. The number of unbranched alkanes of at least 4 members (excludes halogenated alkanes) is 3. The first kappa shape index (κ1) is 26.4. The zero-order chi connectivity index (χ0) is 25.0. The van der Waals surface area contributed by atoms with E-state index in [2.05, 4.69) is 15.3 Å². The van der Waals surface area contributed by atoms with Gasteiger partial charge in [-0.2, -0.15) is 0 Å². The van der Waals surface area contributed by atoms with Gasteiger partial charge in [0.15, 0.2) is 11.5 Å². The number of nitrogens with zero attached hydrogens (tertiary/aromatic N) is 2. The highest BCUT2D eigenvalue weighted by atomic mass is 35.5. The summed E-state index contributed by atoms with van der Waals surface area (Å²) in [4.78, 5) is 19.7. The lowest BCUT2D eigenvalue weighted by molar-refractivity contribution is -0.129. The number of anilines is 2. The van der Waals surface area contributed by atoms with E-state index >= 15 is 0 Å². The molecular weight excluding hydrogens is 479 g/mol. The lowest BCUT2D eigenvalue weighted by Crippen LogP contribution is -2.17. The topological polar surface area (TPSA) is 115 Å². The number of hydroxylamine groups is 1. The molecule has 0 unspecified atom stereocenters. The molecule has 9 nitrogen and oxygen atoms in total. The summed E-state index contributed by atoms with van der Waals surface area (Å²) in [5, 5.41) is 12.4. The largest absolute Gasteiger partial charge is 0.490 e. The van der Waals surface area contributed by atoms with Crippen molar-refractivity contribution in [2.45, 2.75) is 32.1 Å². The zero-order valence-electron chi connectivity index (χ0n) is 19.4.